The lowest BCUT2D eigenvalue weighted by Gasteiger charge is -2.10. The van der Waals surface area contributed by atoms with Crippen molar-refractivity contribution in [3.8, 4) is 6.07 Å². The van der Waals surface area contributed by atoms with Crippen molar-refractivity contribution in [3.63, 3.8) is 0 Å². The van der Waals surface area contributed by atoms with E-state index in [-0.39, 0.29) is 5.15 Å². The van der Waals surface area contributed by atoms with Gasteiger partial charge < -0.3 is 0 Å². The molecule has 1 aliphatic rings. The van der Waals surface area contributed by atoms with Gasteiger partial charge in [-0.15, -0.1) is 0 Å². The topological polar surface area (TPSA) is 36.7 Å². The number of hydrogen-bond acceptors (Lipinski definition) is 2. The maximum absolute atomic E-state index is 9.04. The van der Waals surface area contributed by atoms with Crippen molar-refractivity contribution >= 4 is 23.2 Å². The monoisotopic (exact) mass is 240 g/mol. The molecule has 0 bridgehead atoms. The molecule has 0 unspecified atom stereocenters. The fraction of sp³-hybridized carbons (Fsp3) is 0.455. The van der Waals surface area contributed by atoms with Crippen LogP contribution in [0.2, 0.25) is 10.3 Å². The van der Waals surface area contributed by atoms with Crippen LogP contribution in [0.3, 0.4) is 0 Å². The van der Waals surface area contributed by atoms with Crippen molar-refractivity contribution in [2.75, 3.05) is 0 Å². The van der Waals surface area contributed by atoms with Crippen LogP contribution in [0.1, 0.15) is 36.0 Å². The average Bonchev–Trinajstić information content (AvgIpc) is 2.44. The average molecular weight is 241 g/mol. The summed E-state index contributed by atoms with van der Waals surface area (Å²) >= 11 is 11.9. The first-order valence-corrected chi connectivity index (χ1v) is 5.76. The molecule has 2 rings (SSSR count). The number of aromatic nitrogens is 1. The Bertz CT molecular complexity index is 435. The molecule has 0 aromatic carbocycles. The summed E-state index contributed by atoms with van der Waals surface area (Å²) < 4.78 is 0. The molecule has 0 aliphatic heterocycles. The molecule has 0 spiro atoms. The van der Waals surface area contributed by atoms with E-state index in [9.17, 15) is 0 Å². The fourth-order valence-corrected chi connectivity index (χ4v) is 2.61. The van der Waals surface area contributed by atoms with Gasteiger partial charge in [0.2, 0.25) is 0 Å². The summed E-state index contributed by atoms with van der Waals surface area (Å²) in [5.74, 6) is 0. The van der Waals surface area contributed by atoms with E-state index in [1.54, 1.807) is 0 Å². The van der Waals surface area contributed by atoms with Crippen LogP contribution in [-0.2, 0) is 12.8 Å². The maximum Gasteiger partial charge on any atom is 0.148 e. The minimum Gasteiger partial charge on any atom is -0.223 e. The quantitative estimate of drug-likeness (QED) is 0.514. The first-order valence-electron chi connectivity index (χ1n) is 5.01. The second-order valence-corrected chi connectivity index (χ2v) is 4.41. The molecule has 0 saturated carbocycles. The highest BCUT2D eigenvalue weighted by Gasteiger charge is 2.19. The highest BCUT2D eigenvalue weighted by atomic mass is 35.5. The molecule has 2 nitrogen and oxygen atoms in total. The van der Waals surface area contributed by atoms with Gasteiger partial charge in [0, 0.05) is 0 Å². The summed E-state index contributed by atoms with van der Waals surface area (Å²) in [4.78, 5) is 4.01. The predicted octanol–water partition coefficient (Wildman–Crippen LogP) is 3.53. The molecular weight excluding hydrogens is 231 g/mol. The van der Waals surface area contributed by atoms with Crippen molar-refractivity contribution < 1.29 is 0 Å². The maximum atomic E-state index is 9.04. The number of nitriles is 1. The van der Waals surface area contributed by atoms with E-state index in [1.807, 2.05) is 0 Å². The minimum atomic E-state index is 0.239. The summed E-state index contributed by atoms with van der Waals surface area (Å²) in [5, 5.41) is 9.75. The molecule has 0 amide bonds. The lowest BCUT2D eigenvalue weighted by Crippen LogP contribution is -2.00. The molecule has 15 heavy (non-hydrogen) atoms. The lowest BCUT2D eigenvalue weighted by atomic mass is 10.0. The van der Waals surface area contributed by atoms with Crippen LogP contribution < -0.4 is 0 Å². The van der Waals surface area contributed by atoms with Crippen LogP contribution in [0.4, 0.5) is 0 Å². The van der Waals surface area contributed by atoms with Crippen LogP contribution in [0.25, 0.3) is 0 Å². The van der Waals surface area contributed by atoms with E-state index in [2.05, 4.69) is 11.1 Å². The third-order valence-electron chi connectivity index (χ3n) is 2.78. The number of nitrogens with zero attached hydrogens (tertiary/aromatic N) is 2. The van der Waals surface area contributed by atoms with Gasteiger partial charge in [0.05, 0.1) is 5.56 Å². The Balaban J connectivity index is 2.64. The van der Waals surface area contributed by atoms with Crippen LogP contribution >= 0.6 is 23.2 Å². The largest absolute Gasteiger partial charge is 0.223 e. The minimum absolute atomic E-state index is 0.239. The van der Waals surface area contributed by atoms with Gasteiger partial charge in [0.25, 0.3) is 0 Å². The first-order chi connectivity index (χ1) is 7.24. The van der Waals surface area contributed by atoms with Crippen molar-refractivity contribution in [1.82, 2.24) is 4.98 Å². The molecule has 0 radical (unpaired) electrons. The Morgan fingerprint density at radius 2 is 1.67 bits per heavy atom. The molecule has 0 fully saturated rings. The van der Waals surface area contributed by atoms with E-state index < -0.39 is 0 Å². The summed E-state index contributed by atoms with van der Waals surface area (Å²) in [6.07, 6.45) is 5.18. The first kappa shape index (κ1) is 10.7. The second-order valence-electron chi connectivity index (χ2n) is 3.70. The van der Waals surface area contributed by atoms with Crippen LogP contribution in [0.15, 0.2) is 0 Å². The Morgan fingerprint density at radius 1 is 1.00 bits per heavy atom. The molecular formula is C11H10Cl2N2. The number of pyridine rings is 1. The van der Waals surface area contributed by atoms with Crippen LogP contribution in [0, 0.1) is 11.3 Å². The molecule has 78 valence electrons. The van der Waals surface area contributed by atoms with Gasteiger partial charge in [-0.2, -0.15) is 5.26 Å². The summed E-state index contributed by atoms with van der Waals surface area (Å²) in [5.41, 5.74) is 2.55. The number of halogens is 2. The van der Waals surface area contributed by atoms with Crippen molar-refractivity contribution in [1.29, 1.82) is 5.26 Å². The smallest absolute Gasteiger partial charge is 0.148 e. The van der Waals surface area contributed by atoms with E-state index in [1.165, 1.54) is 6.42 Å². The van der Waals surface area contributed by atoms with Crippen LogP contribution in [0.5, 0.6) is 0 Å². The molecule has 0 atom stereocenters. The van der Waals surface area contributed by atoms with Gasteiger partial charge in [0.15, 0.2) is 0 Å². The van der Waals surface area contributed by atoms with Crippen molar-refractivity contribution in [3.05, 3.63) is 27.0 Å². The van der Waals surface area contributed by atoms with E-state index >= 15 is 0 Å². The SMILES string of the molecule is N#Cc1c(Cl)nc(Cl)c2c1CCCCC2. The lowest BCUT2D eigenvalue weighted by molar-refractivity contribution is 0.711. The Labute approximate surface area is 98.8 Å². The molecule has 0 N–H and O–H groups in total. The zero-order chi connectivity index (χ0) is 10.8. The number of hydrogen-bond donors (Lipinski definition) is 0. The van der Waals surface area contributed by atoms with E-state index in [0.717, 1.165) is 36.8 Å². The summed E-state index contributed by atoms with van der Waals surface area (Å²) in [7, 11) is 0. The normalized spacial score (nSPS) is 15.3. The van der Waals surface area contributed by atoms with Gasteiger partial charge >= 0.3 is 0 Å². The Morgan fingerprint density at radius 3 is 2.33 bits per heavy atom. The highest BCUT2D eigenvalue weighted by Crippen LogP contribution is 2.31. The molecule has 1 aromatic heterocycles. The molecule has 4 heteroatoms. The van der Waals surface area contributed by atoms with Gasteiger partial charge in [-0.1, -0.05) is 29.6 Å². The molecule has 1 heterocycles. The van der Waals surface area contributed by atoms with E-state index in [0.29, 0.717) is 10.7 Å². The second kappa shape index (κ2) is 4.38. The molecule has 0 saturated heterocycles. The molecule has 1 aromatic rings. The number of fused-ring (bicyclic) bond motifs is 1. The highest BCUT2D eigenvalue weighted by molar-refractivity contribution is 6.33. The zero-order valence-corrected chi connectivity index (χ0v) is 9.70. The van der Waals surface area contributed by atoms with Crippen molar-refractivity contribution in [2.24, 2.45) is 0 Å². The third kappa shape index (κ3) is 1.95. The Hall–Kier alpha value is -0.780. The summed E-state index contributed by atoms with van der Waals surface area (Å²) in [6.45, 7) is 0. The van der Waals surface area contributed by atoms with E-state index in [4.69, 9.17) is 28.5 Å². The number of rotatable bonds is 0. The predicted molar refractivity (Wildman–Crippen MR) is 60.2 cm³/mol. The zero-order valence-electron chi connectivity index (χ0n) is 8.19. The van der Waals surface area contributed by atoms with Gasteiger partial charge in [-0.3, -0.25) is 0 Å². The van der Waals surface area contributed by atoms with Gasteiger partial charge in [0.1, 0.15) is 16.4 Å². The molecule has 1 aliphatic carbocycles. The van der Waals surface area contributed by atoms with Gasteiger partial charge in [-0.05, 0) is 36.8 Å². The summed E-state index contributed by atoms with van der Waals surface area (Å²) in [6, 6.07) is 2.13. The van der Waals surface area contributed by atoms with Gasteiger partial charge in [-0.25, -0.2) is 4.98 Å². The third-order valence-corrected chi connectivity index (χ3v) is 3.37. The van der Waals surface area contributed by atoms with Crippen LogP contribution in [-0.4, -0.2) is 4.98 Å². The van der Waals surface area contributed by atoms with Crippen molar-refractivity contribution in [2.45, 2.75) is 32.1 Å². The Kier molecular flexibility index (Phi) is 3.14. The standard InChI is InChI=1S/C11H10Cl2N2/c12-10-8-5-3-1-2-4-7(8)9(6-14)11(13)15-10/h1-5H2. The fourth-order valence-electron chi connectivity index (χ4n) is 2.03.